The normalized spacial score (nSPS) is 10.4. The molecule has 2 aromatic carbocycles. The summed E-state index contributed by atoms with van der Waals surface area (Å²) in [6.45, 7) is 0.170. The first-order chi connectivity index (χ1) is 9.65. The molecular weight excluding hydrogens is 264 g/mol. The van der Waals surface area contributed by atoms with E-state index in [0.29, 0.717) is 11.1 Å². The van der Waals surface area contributed by atoms with Gasteiger partial charge in [0, 0.05) is 12.1 Å². The molecule has 2 N–H and O–H groups in total. The number of hydrogen-bond donors (Lipinski definition) is 1. The Hall–Kier alpha value is -2.14. The second kappa shape index (κ2) is 6.34. The predicted molar refractivity (Wildman–Crippen MR) is 71.6 cm³/mol. The van der Waals surface area contributed by atoms with Crippen molar-refractivity contribution in [2.75, 3.05) is 7.11 Å². The third-order valence-electron chi connectivity index (χ3n) is 2.88. The van der Waals surface area contributed by atoms with Gasteiger partial charge >= 0.3 is 0 Å². The summed E-state index contributed by atoms with van der Waals surface area (Å²) < 4.78 is 37.7. The molecule has 0 bridgehead atoms. The Morgan fingerprint density at radius 3 is 2.55 bits per heavy atom. The smallest absolute Gasteiger partial charge is 0.171 e. The van der Waals surface area contributed by atoms with Crippen LogP contribution in [0.15, 0.2) is 36.4 Å². The number of nitrogens with two attached hydrogens (primary N) is 1. The van der Waals surface area contributed by atoms with Crippen LogP contribution in [0.2, 0.25) is 0 Å². The Labute approximate surface area is 115 Å². The van der Waals surface area contributed by atoms with Crippen molar-refractivity contribution < 1.29 is 18.3 Å². The Bertz CT molecular complexity index is 602. The van der Waals surface area contributed by atoms with Crippen molar-refractivity contribution in [3.8, 4) is 11.5 Å². The van der Waals surface area contributed by atoms with Gasteiger partial charge in [-0.3, -0.25) is 0 Å². The summed E-state index contributed by atoms with van der Waals surface area (Å²) in [6.07, 6.45) is 0. The molecule has 2 aromatic rings. The quantitative estimate of drug-likeness (QED) is 0.915. The Kier molecular flexibility index (Phi) is 4.53. The molecule has 5 heteroatoms. The lowest BCUT2D eigenvalue weighted by molar-refractivity contribution is 0.281. The molecule has 0 amide bonds. The molecule has 0 unspecified atom stereocenters. The fourth-order valence-corrected chi connectivity index (χ4v) is 1.77. The van der Waals surface area contributed by atoms with E-state index in [4.69, 9.17) is 15.2 Å². The van der Waals surface area contributed by atoms with Crippen LogP contribution in [0.5, 0.6) is 11.5 Å². The number of methoxy groups -OCH3 is 1. The van der Waals surface area contributed by atoms with E-state index in [2.05, 4.69) is 0 Å². The minimum atomic E-state index is -0.517. The number of halogens is 2. The highest BCUT2D eigenvalue weighted by Gasteiger charge is 2.10. The molecule has 0 atom stereocenters. The van der Waals surface area contributed by atoms with Gasteiger partial charge in [0.05, 0.1) is 7.11 Å². The van der Waals surface area contributed by atoms with Crippen LogP contribution < -0.4 is 15.2 Å². The van der Waals surface area contributed by atoms with Crippen LogP contribution in [0.4, 0.5) is 8.78 Å². The topological polar surface area (TPSA) is 44.5 Å². The van der Waals surface area contributed by atoms with Crippen molar-refractivity contribution in [1.82, 2.24) is 0 Å². The van der Waals surface area contributed by atoms with Gasteiger partial charge in [-0.2, -0.15) is 0 Å². The van der Waals surface area contributed by atoms with Gasteiger partial charge in [-0.05, 0) is 23.8 Å². The van der Waals surface area contributed by atoms with Crippen molar-refractivity contribution >= 4 is 0 Å². The van der Waals surface area contributed by atoms with E-state index in [0.717, 1.165) is 0 Å². The fraction of sp³-hybridized carbons (Fsp3) is 0.200. The number of ether oxygens (including phenoxy) is 2. The van der Waals surface area contributed by atoms with Crippen LogP contribution in [-0.4, -0.2) is 7.11 Å². The number of benzene rings is 2. The van der Waals surface area contributed by atoms with Crippen molar-refractivity contribution in [3.63, 3.8) is 0 Å². The molecule has 2 rings (SSSR count). The molecule has 20 heavy (non-hydrogen) atoms. The maximum Gasteiger partial charge on any atom is 0.171 e. The SMILES string of the molecule is COc1cccc(COc2ccc(CN)cc2F)c1F. The van der Waals surface area contributed by atoms with Gasteiger partial charge in [-0.25, -0.2) is 8.78 Å². The van der Waals surface area contributed by atoms with E-state index in [1.54, 1.807) is 18.2 Å². The maximum atomic E-state index is 13.9. The van der Waals surface area contributed by atoms with Crippen molar-refractivity contribution in [1.29, 1.82) is 0 Å². The molecule has 0 aliphatic rings. The van der Waals surface area contributed by atoms with Crippen LogP contribution in [0.3, 0.4) is 0 Å². The first kappa shape index (κ1) is 14.3. The molecule has 0 saturated carbocycles. The molecule has 0 aliphatic heterocycles. The van der Waals surface area contributed by atoms with Gasteiger partial charge in [0.1, 0.15) is 6.61 Å². The highest BCUT2D eigenvalue weighted by Crippen LogP contribution is 2.23. The van der Waals surface area contributed by atoms with Crippen LogP contribution in [0, 0.1) is 11.6 Å². The molecule has 0 saturated heterocycles. The minimum absolute atomic E-state index is 0.0596. The molecule has 0 aliphatic carbocycles. The Morgan fingerprint density at radius 1 is 1.10 bits per heavy atom. The number of hydrogen-bond acceptors (Lipinski definition) is 3. The average molecular weight is 279 g/mol. The van der Waals surface area contributed by atoms with Crippen molar-refractivity contribution in [3.05, 3.63) is 59.2 Å². The summed E-state index contributed by atoms with van der Waals surface area (Å²) in [5, 5.41) is 0. The summed E-state index contributed by atoms with van der Waals surface area (Å²) >= 11 is 0. The third kappa shape index (κ3) is 3.05. The monoisotopic (exact) mass is 279 g/mol. The zero-order valence-corrected chi connectivity index (χ0v) is 11.0. The van der Waals surface area contributed by atoms with Gasteiger partial charge in [0.25, 0.3) is 0 Å². The first-order valence-corrected chi connectivity index (χ1v) is 6.08. The number of rotatable bonds is 5. The van der Waals surface area contributed by atoms with E-state index in [1.807, 2.05) is 0 Å². The van der Waals surface area contributed by atoms with Crippen molar-refractivity contribution in [2.24, 2.45) is 5.73 Å². The van der Waals surface area contributed by atoms with E-state index in [-0.39, 0.29) is 24.7 Å². The second-order valence-corrected chi connectivity index (χ2v) is 4.19. The van der Waals surface area contributed by atoms with Gasteiger partial charge in [-0.1, -0.05) is 18.2 Å². The molecule has 0 spiro atoms. The Balaban J connectivity index is 2.13. The lowest BCUT2D eigenvalue weighted by Gasteiger charge is -2.10. The van der Waals surface area contributed by atoms with Gasteiger partial charge in [0.15, 0.2) is 23.1 Å². The van der Waals surface area contributed by atoms with Crippen molar-refractivity contribution in [2.45, 2.75) is 13.2 Å². The molecule has 0 aromatic heterocycles. The first-order valence-electron chi connectivity index (χ1n) is 6.08. The zero-order valence-electron chi connectivity index (χ0n) is 11.0. The highest BCUT2D eigenvalue weighted by atomic mass is 19.1. The van der Waals surface area contributed by atoms with Crippen LogP contribution in [0.25, 0.3) is 0 Å². The second-order valence-electron chi connectivity index (χ2n) is 4.19. The van der Waals surface area contributed by atoms with E-state index in [9.17, 15) is 8.78 Å². The maximum absolute atomic E-state index is 13.9. The lowest BCUT2D eigenvalue weighted by Crippen LogP contribution is -2.03. The van der Waals surface area contributed by atoms with E-state index >= 15 is 0 Å². The van der Waals surface area contributed by atoms with Gasteiger partial charge in [-0.15, -0.1) is 0 Å². The third-order valence-corrected chi connectivity index (χ3v) is 2.88. The molecule has 0 fully saturated rings. The summed E-state index contributed by atoms with van der Waals surface area (Å²) in [4.78, 5) is 0. The van der Waals surface area contributed by atoms with Crippen LogP contribution >= 0.6 is 0 Å². The summed E-state index contributed by atoms with van der Waals surface area (Å²) in [6, 6.07) is 9.17. The van der Waals surface area contributed by atoms with Gasteiger partial charge < -0.3 is 15.2 Å². The Morgan fingerprint density at radius 2 is 1.90 bits per heavy atom. The van der Waals surface area contributed by atoms with Crippen LogP contribution in [0.1, 0.15) is 11.1 Å². The van der Waals surface area contributed by atoms with E-state index in [1.165, 1.54) is 25.3 Å². The largest absolute Gasteiger partial charge is 0.494 e. The van der Waals surface area contributed by atoms with E-state index < -0.39 is 11.6 Å². The van der Waals surface area contributed by atoms with Crippen LogP contribution in [-0.2, 0) is 13.2 Å². The minimum Gasteiger partial charge on any atom is -0.494 e. The zero-order chi connectivity index (χ0) is 14.5. The lowest BCUT2D eigenvalue weighted by atomic mass is 10.2. The molecular formula is C15H15F2NO2. The average Bonchev–Trinajstić information content (AvgIpc) is 2.47. The molecule has 106 valence electrons. The molecule has 0 radical (unpaired) electrons. The molecule has 3 nitrogen and oxygen atoms in total. The summed E-state index contributed by atoms with van der Waals surface area (Å²) in [7, 11) is 1.38. The predicted octanol–water partition coefficient (Wildman–Crippen LogP) is 3.01. The highest BCUT2D eigenvalue weighted by molar-refractivity contribution is 5.32. The van der Waals surface area contributed by atoms with Gasteiger partial charge in [0.2, 0.25) is 0 Å². The summed E-state index contributed by atoms with van der Waals surface area (Å²) in [5.41, 5.74) is 6.38. The summed E-state index contributed by atoms with van der Waals surface area (Å²) in [5.74, 6) is -0.834. The fourth-order valence-electron chi connectivity index (χ4n) is 1.77. The standard InChI is InChI=1S/C15H15F2NO2/c1-19-14-4-2-3-11(15(14)17)9-20-13-6-5-10(8-18)7-12(13)16/h2-7H,8-9,18H2,1H3. The molecule has 0 heterocycles.